The molecule has 0 amide bonds. The van der Waals surface area contributed by atoms with Crippen molar-refractivity contribution in [3.63, 3.8) is 0 Å². The fourth-order valence-electron chi connectivity index (χ4n) is 9.63. The molecule has 0 saturated heterocycles. The van der Waals surface area contributed by atoms with Crippen LogP contribution in [0.3, 0.4) is 0 Å². The van der Waals surface area contributed by atoms with E-state index in [0.717, 1.165) is 66.8 Å². The topological polar surface area (TPSA) is 16.4 Å². The maximum atomic E-state index is 6.32. The molecule has 0 saturated carbocycles. The number of rotatable bonds is 9. The largest absolute Gasteiger partial charge is 0.456 e. The molecule has 0 bridgehead atoms. The molecule has 66 heavy (non-hydrogen) atoms. The Bertz CT molecular complexity index is 3700. The molecule has 0 N–H and O–H groups in total. The summed E-state index contributed by atoms with van der Waals surface area (Å²) in [4.78, 5) is 2.42. The first-order valence-electron chi connectivity index (χ1n) is 22.6. The predicted molar refractivity (Wildman–Crippen MR) is 279 cm³/mol. The summed E-state index contributed by atoms with van der Waals surface area (Å²) in [7, 11) is 0. The molecule has 12 rings (SSSR count). The van der Waals surface area contributed by atoms with E-state index in [1.54, 1.807) is 0 Å². The Hall–Kier alpha value is -8.72. The van der Waals surface area contributed by atoms with Crippen LogP contribution in [-0.4, -0.2) is 0 Å². The van der Waals surface area contributed by atoms with Crippen LogP contribution in [0.2, 0.25) is 0 Å². The molecule has 12 aromatic rings. The molecule has 0 unspecified atom stereocenters. The minimum atomic E-state index is 0.891. The fourth-order valence-corrected chi connectivity index (χ4v) is 9.63. The average molecular weight is 842 g/mol. The molecular weight excluding hydrogens is 799 g/mol. The van der Waals surface area contributed by atoms with Crippen LogP contribution in [0.1, 0.15) is 0 Å². The van der Waals surface area contributed by atoms with Crippen LogP contribution < -0.4 is 4.90 Å². The lowest BCUT2D eigenvalue weighted by Gasteiger charge is -2.29. The van der Waals surface area contributed by atoms with E-state index in [9.17, 15) is 0 Å². The Balaban J connectivity index is 1.04. The molecule has 0 radical (unpaired) electrons. The average Bonchev–Trinajstić information content (AvgIpc) is 3.77. The Kier molecular flexibility index (Phi) is 9.89. The van der Waals surface area contributed by atoms with Gasteiger partial charge in [-0.05, 0) is 133 Å². The third-order valence-corrected chi connectivity index (χ3v) is 12.9. The van der Waals surface area contributed by atoms with Gasteiger partial charge in [0.15, 0.2) is 0 Å². The molecule has 11 aromatic carbocycles. The van der Waals surface area contributed by atoms with E-state index in [-0.39, 0.29) is 0 Å². The predicted octanol–water partition coefficient (Wildman–Crippen LogP) is 18.2. The Labute approximate surface area is 384 Å². The van der Waals surface area contributed by atoms with Crippen molar-refractivity contribution in [2.24, 2.45) is 0 Å². The van der Waals surface area contributed by atoms with Crippen LogP contribution in [-0.2, 0) is 0 Å². The highest BCUT2D eigenvalue weighted by Gasteiger charge is 2.22. The lowest BCUT2D eigenvalue weighted by molar-refractivity contribution is 0.669. The normalized spacial score (nSPS) is 11.3. The number of fused-ring (bicyclic) bond motifs is 4. The SMILES string of the molecule is c1ccc(-c2ccc(-c3ccccc3N(c3ccc(-c4ccc5c(c4)oc4ccccc45)cc3)c3cccc(-c4ccc5ccccc5c4)c3)c(-c3ccccc3-c3ccccc3)c2)cc1. The lowest BCUT2D eigenvalue weighted by Crippen LogP contribution is -2.11. The third-order valence-electron chi connectivity index (χ3n) is 12.9. The maximum Gasteiger partial charge on any atom is 0.136 e. The molecule has 1 aromatic heterocycles. The third kappa shape index (κ3) is 7.21. The molecule has 0 aliphatic heterocycles. The highest BCUT2D eigenvalue weighted by atomic mass is 16.3. The van der Waals surface area contributed by atoms with Crippen LogP contribution in [0, 0.1) is 0 Å². The number of para-hydroxylation sites is 2. The van der Waals surface area contributed by atoms with Gasteiger partial charge in [0.2, 0.25) is 0 Å². The van der Waals surface area contributed by atoms with E-state index in [2.05, 4.69) is 254 Å². The smallest absolute Gasteiger partial charge is 0.136 e. The molecular formula is C64H43NO. The van der Waals surface area contributed by atoms with Gasteiger partial charge in [-0.3, -0.25) is 0 Å². The standard InChI is InChI=1S/C64H43NO/c1-3-16-44(17-4-1)51-34-38-57(61(42-51)56-25-10-9-24-55(56)47-19-5-2-6-20-47)58-26-11-13-28-62(58)65(54-23-15-22-49(41-54)50-31-30-45-18-7-8-21-48(45)40-50)53-36-32-46(33-37-53)52-35-39-60-59-27-12-14-29-63(59)66-64(60)43-52/h1-43H. The van der Waals surface area contributed by atoms with Gasteiger partial charge in [0, 0.05) is 27.7 Å². The Morgan fingerprint density at radius 3 is 1.62 bits per heavy atom. The van der Waals surface area contributed by atoms with Crippen LogP contribution in [0.5, 0.6) is 0 Å². The molecule has 0 spiro atoms. The number of nitrogens with zero attached hydrogens (tertiary/aromatic N) is 1. The van der Waals surface area contributed by atoms with Crippen molar-refractivity contribution >= 4 is 49.8 Å². The highest BCUT2D eigenvalue weighted by Crippen LogP contribution is 2.47. The summed E-state index contributed by atoms with van der Waals surface area (Å²) in [5.41, 5.74) is 18.9. The van der Waals surface area contributed by atoms with Crippen molar-refractivity contribution in [2.75, 3.05) is 4.90 Å². The number of benzene rings is 11. The lowest BCUT2D eigenvalue weighted by atomic mass is 9.86. The monoisotopic (exact) mass is 841 g/mol. The molecule has 0 fully saturated rings. The van der Waals surface area contributed by atoms with Gasteiger partial charge >= 0.3 is 0 Å². The summed E-state index contributed by atoms with van der Waals surface area (Å²) in [5.74, 6) is 0. The second-order valence-corrected chi connectivity index (χ2v) is 16.9. The van der Waals surface area contributed by atoms with Gasteiger partial charge in [-0.2, -0.15) is 0 Å². The first kappa shape index (κ1) is 38.9. The molecule has 0 aliphatic carbocycles. The van der Waals surface area contributed by atoms with E-state index < -0.39 is 0 Å². The van der Waals surface area contributed by atoms with E-state index in [1.165, 1.54) is 49.7 Å². The quantitative estimate of drug-likeness (QED) is 0.144. The van der Waals surface area contributed by atoms with Gasteiger partial charge in [0.05, 0.1) is 5.69 Å². The molecule has 0 atom stereocenters. The van der Waals surface area contributed by atoms with Crippen LogP contribution in [0.25, 0.3) is 99.5 Å². The van der Waals surface area contributed by atoms with Crippen molar-refractivity contribution in [2.45, 2.75) is 0 Å². The summed E-state index contributed by atoms with van der Waals surface area (Å²) < 4.78 is 6.32. The van der Waals surface area contributed by atoms with Crippen molar-refractivity contribution < 1.29 is 4.42 Å². The van der Waals surface area contributed by atoms with Gasteiger partial charge in [-0.15, -0.1) is 0 Å². The minimum absolute atomic E-state index is 0.891. The van der Waals surface area contributed by atoms with E-state index in [0.29, 0.717) is 0 Å². The molecule has 2 heteroatoms. The van der Waals surface area contributed by atoms with Crippen LogP contribution in [0.4, 0.5) is 17.1 Å². The van der Waals surface area contributed by atoms with Gasteiger partial charge in [-0.25, -0.2) is 0 Å². The second kappa shape index (κ2) is 16.8. The number of hydrogen-bond acceptors (Lipinski definition) is 2. The number of furan rings is 1. The van der Waals surface area contributed by atoms with Crippen molar-refractivity contribution in [3.8, 4) is 66.8 Å². The zero-order valence-electron chi connectivity index (χ0n) is 36.2. The van der Waals surface area contributed by atoms with E-state index in [1.807, 2.05) is 12.1 Å². The molecule has 310 valence electrons. The number of hydrogen-bond donors (Lipinski definition) is 0. The van der Waals surface area contributed by atoms with Crippen LogP contribution >= 0.6 is 0 Å². The Morgan fingerprint density at radius 1 is 0.242 bits per heavy atom. The number of anilines is 3. The second-order valence-electron chi connectivity index (χ2n) is 16.9. The maximum absolute atomic E-state index is 6.32. The molecule has 0 aliphatic rings. The van der Waals surface area contributed by atoms with E-state index >= 15 is 0 Å². The fraction of sp³-hybridized carbons (Fsp3) is 0. The summed E-state index contributed by atoms with van der Waals surface area (Å²) in [6, 6.07) is 94.1. The van der Waals surface area contributed by atoms with Crippen molar-refractivity contribution in [3.05, 3.63) is 261 Å². The molecule has 2 nitrogen and oxygen atoms in total. The van der Waals surface area contributed by atoms with Crippen LogP contribution in [0.15, 0.2) is 265 Å². The minimum Gasteiger partial charge on any atom is -0.456 e. The summed E-state index contributed by atoms with van der Waals surface area (Å²) in [6.45, 7) is 0. The first-order valence-corrected chi connectivity index (χ1v) is 22.6. The van der Waals surface area contributed by atoms with E-state index in [4.69, 9.17) is 4.42 Å². The zero-order chi connectivity index (χ0) is 43.8. The highest BCUT2D eigenvalue weighted by molar-refractivity contribution is 6.06. The molecule has 1 heterocycles. The first-order chi connectivity index (χ1) is 32.7. The van der Waals surface area contributed by atoms with Gasteiger partial charge in [0.25, 0.3) is 0 Å². The summed E-state index contributed by atoms with van der Waals surface area (Å²) >= 11 is 0. The summed E-state index contributed by atoms with van der Waals surface area (Å²) in [5, 5.41) is 4.72. The summed E-state index contributed by atoms with van der Waals surface area (Å²) in [6.07, 6.45) is 0. The zero-order valence-corrected chi connectivity index (χ0v) is 36.2. The van der Waals surface area contributed by atoms with Gasteiger partial charge in [-0.1, -0.05) is 200 Å². The van der Waals surface area contributed by atoms with Crippen molar-refractivity contribution in [1.82, 2.24) is 0 Å². The van der Waals surface area contributed by atoms with Gasteiger partial charge < -0.3 is 9.32 Å². The van der Waals surface area contributed by atoms with Gasteiger partial charge in [0.1, 0.15) is 11.2 Å². The van der Waals surface area contributed by atoms with Crippen molar-refractivity contribution in [1.29, 1.82) is 0 Å². The Morgan fingerprint density at radius 2 is 0.788 bits per heavy atom.